The lowest BCUT2D eigenvalue weighted by Gasteiger charge is -1.94. The summed E-state index contributed by atoms with van der Waals surface area (Å²) in [6.07, 6.45) is 0. The molecule has 0 atom stereocenters. The second kappa shape index (κ2) is 5.64. The number of carbonyl (C=O) groups is 1. The summed E-state index contributed by atoms with van der Waals surface area (Å²) in [6.45, 7) is 0. The fourth-order valence-electron chi connectivity index (χ4n) is 1.32. The Labute approximate surface area is 111 Å². The Bertz CT molecular complexity index is 615. The Hall–Kier alpha value is -2.18. The number of benzene rings is 2. The number of hydrogen-bond acceptors (Lipinski definition) is 3. The Morgan fingerprint density at radius 3 is 1.58 bits per heavy atom. The van der Waals surface area contributed by atoms with Crippen molar-refractivity contribution in [3.05, 3.63) is 72.3 Å². The SMILES string of the molecule is O=C(c1ccccc1)N1NS1(=O)=O.c1ccccc1. The van der Waals surface area contributed by atoms with Crippen molar-refractivity contribution in [1.29, 1.82) is 0 Å². The topological polar surface area (TPSA) is 76.2 Å². The number of nitrogens with zero attached hydrogens (tertiary/aromatic N) is 1. The third-order valence-electron chi connectivity index (χ3n) is 2.28. The summed E-state index contributed by atoms with van der Waals surface area (Å²) >= 11 is 0. The first kappa shape index (κ1) is 13.3. The standard InChI is InChI=1S/C7H6N2O3S.C6H6/c10-7(9-8-13(9,11)12)6-4-2-1-3-5-6;1-2-4-6-5-3-1/h1-5,8H;1-6H. The maximum absolute atomic E-state index is 11.3. The van der Waals surface area contributed by atoms with E-state index in [4.69, 9.17) is 0 Å². The average molecular weight is 276 g/mol. The van der Waals surface area contributed by atoms with E-state index in [1.807, 2.05) is 41.2 Å². The zero-order valence-electron chi connectivity index (χ0n) is 9.93. The van der Waals surface area contributed by atoms with Crippen LogP contribution in [0.15, 0.2) is 66.7 Å². The highest BCUT2D eigenvalue weighted by atomic mass is 32.2. The molecule has 1 N–H and O–H groups in total. The highest BCUT2D eigenvalue weighted by Gasteiger charge is 2.44. The van der Waals surface area contributed by atoms with Gasteiger partial charge in [-0.05, 0) is 12.1 Å². The molecule has 19 heavy (non-hydrogen) atoms. The number of hydrazine groups is 1. The minimum absolute atomic E-state index is 0.344. The summed E-state index contributed by atoms with van der Waals surface area (Å²) in [5.41, 5.74) is 0.344. The molecule has 1 heterocycles. The molecule has 3 rings (SSSR count). The van der Waals surface area contributed by atoms with Crippen LogP contribution in [-0.4, -0.2) is 18.7 Å². The third-order valence-corrected chi connectivity index (χ3v) is 3.26. The van der Waals surface area contributed by atoms with Gasteiger partial charge in [0, 0.05) is 5.56 Å². The molecule has 1 saturated heterocycles. The highest BCUT2D eigenvalue weighted by molar-refractivity contribution is 7.93. The average Bonchev–Trinajstić information content (AvgIpc) is 3.10. The first-order valence-electron chi connectivity index (χ1n) is 5.53. The van der Waals surface area contributed by atoms with E-state index in [0.717, 1.165) is 0 Å². The Morgan fingerprint density at radius 1 is 0.842 bits per heavy atom. The molecule has 0 bridgehead atoms. The van der Waals surface area contributed by atoms with Crippen molar-refractivity contribution in [2.75, 3.05) is 0 Å². The predicted molar refractivity (Wildman–Crippen MR) is 71.1 cm³/mol. The fourth-order valence-corrected chi connectivity index (χ4v) is 2.09. The minimum atomic E-state index is -3.47. The summed E-state index contributed by atoms with van der Waals surface area (Å²) in [6, 6.07) is 20.2. The largest absolute Gasteiger partial charge is 0.337 e. The molecule has 2 aromatic carbocycles. The minimum Gasteiger partial charge on any atom is -0.266 e. The van der Waals surface area contributed by atoms with E-state index in [1.54, 1.807) is 30.3 Å². The number of carbonyl (C=O) groups excluding carboxylic acids is 1. The van der Waals surface area contributed by atoms with Gasteiger partial charge in [0.15, 0.2) is 0 Å². The van der Waals surface area contributed by atoms with Crippen LogP contribution in [0.1, 0.15) is 10.4 Å². The summed E-state index contributed by atoms with van der Waals surface area (Å²) in [7, 11) is -3.47. The molecule has 0 aromatic heterocycles. The van der Waals surface area contributed by atoms with Gasteiger partial charge in [0.25, 0.3) is 5.91 Å². The van der Waals surface area contributed by atoms with E-state index < -0.39 is 16.1 Å². The zero-order chi connectivity index (χ0) is 13.7. The fraction of sp³-hybridized carbons (Fsp3) is 0. The molecule has 0 saturated carbocycles. The molecule has 6 heteroatoms. The van der Waals surface area contributed by atoms with Crippen LogP contribution < -0.4 is 4.83 Å². The summed E-state index contributed by atoms with van der Waals surface area (Å²) < 4.78 is 22.0. The van der Waals surface area contributed by atoms with E-state index in [-0.39, 0.29) is 0 Å². The second-order valence-electron chi connectivity index (χ2n) is 3.69. The van der Waals surface area contributed by atoms with Gasteiger partial charge >= 0.3 is 10.2 Å². The Morgan fingerprint density at radius 2 is 1.21 bits per heavy atom. The summed E-state index contributed by atoms with van der Waals surface area (Å²) in [5, 5.41) is 0. The van der Waals surface area contributed by atoms with Crippen molar-refractivity contribution in [1.82, 2.24) is 9.25 Å². The van der Waals surface area contributed by atoms with Gasteiger partial charge in [-0.25, -0.2) is 0 Å². The highest BCUT2D eigenvalue weighted by Crippen LogP contribution is 2.15. The molecule has 1 amide bonds. The van der Waals surface area contributed by atoms with E-state index >= 15 is 0 Å². The smallest absolute Gasteiger partial charge is 0.266 e. The molecule has 0 radical (unpaired) electrons. The molecular formula is C13H12N2O3S. The Kier molecular flexibility index (Phi) is 3.94. The van der Waals surface area contributed by atoms with Crippen LogP contribution in [0.5, 0.6) is 0 Å². The lowest BCUT2D eigenvalue weighted by atomic mass is 10.2. The first-order valence-corrected chi connectivity index (χ1v) is 6.97. The lowest BCUT2D eigenvalue weighted by Crippen LogP contribution is -2.13. The molecule has 0 unspecified atom stereocenters. The predicted octanol–water partition coefficient (Wildman–Crippen LogP) is 1.58. The van der Waals surface area contributed by atoms with Crippen molar-refractivity contribution in [3.8, 4) is 0 Å². The van der Waals surface area contributed by atoms with Gasteiger partial charge in [-0.1, -0.05) is 59.4 Å². The summed E-state index contributed by atoms with van der Waals surface area (Å²) in [5.74, 6) is -0.555. The van der Waals surface area contributed by atoms with Crippen molar-refractivity contribution in [2.24, 2.45) is 0 Å². The van der Waals surface area contributed by atoms with E-state index in [2.05, 4.69) is 0 Å². The maximum atomic E-state index is 11.3. The number of nitrogens with one attached hydrogen (secondary N) is 1. The van der Waals surface area contributed by atoms with Gasteiger partial charge in [0.1, 0.15) is 0 Å². The van der Waals surface area contributed by atoms with E-state index in [0.29, 0.717) is 9.98 Å². The van der Waals surface area contributed by atoms with E-state index in [9.17, 15) is 13.2 Å². The van der Waals surface area contributed by atoms with Crippen LogP contribution in [0.3, 0.4) is 0 Å². The van der Waals surface area contributed by atoms with Crippen molar-refractivity contribution in [2.45, 2.75) is 0 Å². The molecule has 2 aromatic rings. The lowest BCUT2D eigenvalue weighted by molar-refractivity contribution is 0.0889. The van der Waals surface area contributed by atoms with Gasteiger partial charge < -0.3 is 0 Å². The Balaban J connectivity index is 0.000000186. The molecule has 98 valence electrons. The van der Waals surface area contributed by atoms with Crippen molar-refractivity contribution < 1.29 is 13.2 Å². The number of hydrogen-bond donors (Lipinski definition) is 1. The molecule has 0 aliphatic carbocycles. The normalized spacial score (nSPS) is 15.1. The zero-order valence-corrected chi connectivity index (χ0v) is 10.7. The second-order valence-corrected chi connectivity index (χ2v) is 5.18. The molecule has 1 aliphatic heterocycles. The quantitative estimate of drug-likeness (QED) is 0.803. The van der Waals surface area contributed by atoms with Gasteiger partial charge in [-0.2, -0.15) is 8.42 Å². The van der Waals surface area contributed by atoms with Gasteiger partial charge in [0.2, 0.25) is 0 Å². The van der Waals surface area contributed by atoms with E-state index in [1.165, 1.54) is 0 Å². The van der Waals surface area contributed by atoms with Crippen LogP contribution in [-0.2, 0) is 10.2 Å². The van der Waals surface area contributed by atoms with Crippen LogP contribution in [0, 0.1) is 0 Å². The molecule has 1 aliphatic rings. The third kappa shape index (κ3) is 3.64. The van der Waals surface area contributed by atoms with Gasteiger partial charge in [0.05, 0.1) is 0 Å². The van der Waals surface area contributed by atoms with Crippen molar-refractivity contribution in [3.63, 3.8) is 0 Å². The first-order chi connectivity index (χ1) is 9.11. The van der Waals surface area contributed by atoms with Crippen LogP contribution in [0.4, 0.5) is 0 Å². The summed E-state index contributed by atoms with van der Waals surface area (Å²) in [4.78, 5) is 13.3. The van der Waals surface area contributed by atoms with Gasteiger partial charge in [-0.15, -0.1) is 4.41 Å². The number of amides is 1. The maximum Gasteiger partial charge on any atom is 0.337 e. The molecule has 1 fully saturated rings. The molecule has 0 spiro atoms. The van der Waals surface area contributed by atoms with Crippen molar-refractivity contribution >= 4 is 16.1 Å². The molecular weight excluding hydrogens is 264 g/mol. The van der Waals surface area contributed by atoms with Gasteiger partial charge in [-0.3, -0.25) is 4.79 Å². The molecule has 5 nitrogen and oxygen atoms in total. The monoisotopic (exact) mass is 276 g/mol. The van der Waals surface area contributed by atoms with Crippen LogP contribution >= 0.6 is 0 Å². The van der Waals surface area contributed by atoms with Crippen LogP contribution in [0.2, 0.25) is 0 Å². The number of rotatable bonds is 1. The van der Waals surface area contributed by atoms with Crippen LogP contribution in [0.25, 0.3) is 0 Å².